The van der Waals surface area contributed by atoms with Gasteiger partial charge in [-0.2, -0.15) is 0 Å². The first-order valence-electron chi connectivity index (χ1n) is 7.51. The maximum atomic E-state index is 14.4. The summed E-state index contributed by atoms with van der Waals surface area (Å²) in [6, 6.07) is 4.38. The van der Waals surface area contributed by atoms with Gasteiger partial charge in [-0.3, -0.25) is 9.69 Å². The first-order chi connectivity index (χ1) is 12.0. The second kappa shape index (κ2) is 6.65. The molecule has 2 amide bonds. The third kappa shape index (κ3) is 3.45. The third-order valence-corrected chi connectivity index (χ3v) is 3.70. The highest BCUT2D eigenvalue weighted by Crippen LogP contribution is 2.25. The number of benzene rings is 1. The first kappa shape index (κ1) is 16.5. The topological polar surface area (TPSA) is 76.5 Å². The number of halogens is 1. The predicted molar refractivity (Wildman–Crippen MR) is 87.8 cm³/mol. The van der Waals surface area contributed by atoms with Gasteiger partial charge in [0, 0.05) is 13.1 Å². The minimum absolute atomic E-state index is 0.210. The summed E-state index contributed by atoms with van der Waals surface area (Å²) in [5.74, 6) is 1.63. The number of ether oxygens (including phenoxy) is 1. The molecule has 2 aromatic rings. The van der Waals surface area contributed by atoms with Crippen molar-refractivity contribution in [3.05, 3.63) is 42.2 Å². The van der Waals surface area contributed by atoms with E-state index in [-0.39, 0.29) is 24.7 Å². The molecule has 7 nitrogen and oxygen atoms in total. The zero-order valence-electron chi connectivity index (χ0n) is 13.4. The van der Waals surface area contributed by atoms with Crippen LogP contribution in [0.1, 0.15) is 12.6 Å². The minimum Gasteiger partial charge on any atom is -0.442 e. The summed E-state index contributed by atoms with van der Waals surface area (Å²) in [7, 11) is 0. The molecule has 25 heavy (non-hydrogen) atoms. The molecule has 0 aliphatic carbocycles. The van der Waals surface area contributed by atoms with Gasteiger partial charge in [0.25, 0.3) is 0 Å². The van der Waals surface area contributed by atoms with Crippen LogP contribution in [-0.2, 0) is 9.53 Å². The Morgan fingerprint density at radius 2 is 2.36 bits per heavy atom. The lowest BCUT2D eigenvalue weighted by atomic mass is 10.2. The van der Waals surface area contributed by atoms with Crippen molar-refractivity contribution >= 4 is 17.7 Å². The highest BCUT2D eigenvalue weighted by molar-refractivity contribution is 5.90. The lowest BCUT2D eigenvalue weighted by Crippen LogP contribution is -2.33. The van der Waals surface area contributed by atoms with Crippen LogP contribution in [0.3, 0.4) is 0 Å². The van der Waals surface area contributed by atoms with Crippen LogP contribution in [0, 0.1) is 18.2 Å². The van der Waals surface area contributed by atoms with Gasteiger partial charge in [-0.25, -0.2) is 14.2 Å². The predicted octanol–water partition coefficient (Wildman–Crippen LogP) is 1.45. The Morgan fingerprint density at radius 3 is 3.00 bits per heavy atom. The Bertz CT molecular complexity index is 871. The summed E-state index contributed by atoms with van der Waals surface area (Å²) in [6.07, 6.45) is 7.14. The van der Waals surface area contributed by atoms with Crippen LogP contribution >= 0.6 is 0 Å². The highest BCUT2D eigenvalue weighted by atomic mass is 19.1. The molecule has 1 fully saturated rings. The maximum Gasteiger partial charge on any atom is 0.414 e. The molecule has 8 heteroatoms. The summed E-state index contributed by atoms with van der Waals surface area (Å²) >= 11 is 0. The van der Waals surface area contributed by atoms with Gasteiger partial charge in [-0.05, 0) is 24.1 Å². The van der Waals surface area contributed by atoms with Gasteiger partial charge in [0.1, 0.15) is 23.9 Å². The van der Waals surface area contributed by atoms with E-state index in [2.05, 4.69) is 16.2 Å². The van der Waals surface area contributed by atoms with Crippen LogP contribution in [0.2, 0.25) is 0 Å². The summed E-state index contributed by atoms with van der Waals surface area (Å²) < 4.78 is 21.1. The number of aromatic nitrogens is 2. The fraction of sp³-hybridized carbons (Fsp3) is 0.235. The van der Waals surface area contributed by atoms with E-state index in [1.807, 2.05) is 0 Å². The summed E-state index contributed by atoms with van der Waals surface area (Å²) in [5, 5.41) is 2.59. The molecule has 1 atom stereocenters. The van der Waals surface area contributed by atoms with Gasteiger partial charge in [-0.1, -0.05) is 0 Å². The van der Waals surface area contributed by atoms with Gasteiger partial charge in [0.15, 0.2) is 0 Å². The maximum absolute atomic E-state index is 14.4. The van der Waals surface area contributed by atoms with Crippen molar-refractivity contribution in [1.29, 1.82) is 0 Å². The lowest BCUT2D eigenvalue weighted by Gasteiger charge is -2.14. The fourth-order valence-corrected chi connectivity index (χ4v) is 2.50. The molecular formula is C17H15FN4O3. The van der Waals surface area contributed by atoms with Crippen molar-refractivity contribution in [2.24, 2.45) is 0 Å². The molecule has 1 saturated heterocycles. The van der Waals surface area contributed by atoms with Crippen LogP contribution in [0.4, 0.5) is 14.9 Å². The van der Waals surface area contributed by atoms with E-state index in [9.17, 15) is 14.0 Å². The molecule has 1 aromatic heterocycles. The fourth-order valence-electron chi connectivity index (χ4n) is 2.50. The Balaban J connectivity index is 1.77. The van der Waals surface area contributed by atoms with E-state index in [0.717, 1.165) is 0 Å². The van der Waals surface area contributed by atoms with Crippen molar-refractivity contribution in [2.75, 3.05) is 18.0 Å². The van der Waals surface area contributed by atoms with E-state index >= 15 is 0 Å². The summed E-state index contributed by atoms with van der Waals surface area (Å²) in [6.45, 7) is 1.82. The average Bonchev–Trinajstić information content (AvgIpc) is 3.19. The molecule has 3 rings (SSSR count). The number of cyclic esters (lactones) is 1. The number of carbonyl (C=O) groups is 2. The SMILES string of the molecule is C#Cc1cn(-c2ccc(N3CC(CNC(C)=O)OC3=O)cc2F)cn1. The molecule has 1 aliphatic heterocycles. The van der Waals surface area contributed by atoms with E-state index in [0.29, 0.717) is 11.4 Å². The summed E-state index contributed by atoms with van der Waals surface area (Å²) in [5.41, 5.74) is 1.03. The molecule has 1 unspecified atom stereocenters. The lowest BCUT2D eigenvalue weighted by molar-refractivity contribution is -0.119. The second-order valence-corrected chi connectivity index (χ2v) is 5.50. The zero-order valence-corrected chi connectivity index (χ0v) is 13.4. The highest BCUT2D eigenvalue weighted by Gasteiger charge is 2.32. The molecule has 1 N–H and O–H groups in total. The van der Waals surface area contributed by atoms with Gasteiger partial charge in [-0.15, -0.1) is 6.42 Å². The number of terminal acetylenes is 1. The molecular weight excluding hydrogens is 327 g/mol. The molecule has 2 heterocycles. The van der Waals surface area contributed by atoms with Crippen molar-refractivity contribution in [3.8, 4) is 18.0 Å². The van der Waals surface area contributed by atoms with Gasteiger partial charge in [0.2, 0.25) is 5.91 Å². The monoisotopic (exact) mass is 342 g/mol. The molecule has 128 valence electrons. The van der Waals surface area contributed by atoms with Crippen molar-refractivity contribution in [3.63, 3.8) is 0 Å². The minimum atomic E-state index is -0.584. The van der Waals surface area contributed by atoms with Crippen molar-refractivity contribution in [1.82, 2.24) is 14.9 Å². The normalized spacial score (nSPS) is 16.4. The van der Waals surface area contributed by atoms with E-state index in [1.165, 1.54) is 41.0 Å². The van der Waals surface area contributed by atoms with E-state index in [1.54, 1.807) is 6.07 Å². The smallest absolute Gasteiger partial charge is 0.414 e. The number of anilines is 1. The van der Waals surface area contributed by atoms with Crippen LogP contribution in [-0.4, -0.2) is 40.7 Å². The quantitative estimate of drug-likeness (QED) is 0.854. The number of carbonyl (C=O) groups excluding carboxylic acids is 2. The Labute approximate surface area is 143 Å². The molecule has 0 saturated carbocycles. The van der Waals surface area contributed by atoms with Gasteiger partial charge >= 0.3 is 6.09 Å². The molecule has 0 radical (unpaired) electrons. The summed E-state index contributed by atoms with van der Waals surface area (Å²) in [4.78, 5) is 28.2. The Morgan fingerprint density at radius 1 is 1.56 bits per heavy atom. The number of amides is 2. The third-order valence-electron chi connectivity index (χ3n) is 3.70. The number of hydrogen-bond acceptors (Lipinski definition) is 4. The van der Waals surface area contributed by atoms with E-state index in [4.69, 9.17) is 11.2 Å². The molecule has 0 bridgehead atoms. The number of rotatable bonds is 4. The standard InChI is InChI=1S/C17H15FN4O3/c1-3-12-8-21(10-20-12)16-5-4-13(6-15(16)18)22-9-14(25-17(22)24)7-19-11(2)23/h1,4-6,8,10,14H,7,9H2,2H3,(H,19,23). The molecule has 1 aliphatic rings. The van der Waals surface area contributed by atoms with E-state index < -0.39 is 18.0 Å². The van der Waals surface area contributed by atoms with Gasteiger partial charge in [0.05, 0.1) is 24.5 Å². The average molecular weight is 342 g/mol. The number of imidazole rings is 1. The van der Waals surface area contributed by atoms with Crippen LogP contribution in [0.15, 0.2) is 30.7 Å². The Hall–Kier alpha value is -3.34. The van der Waals surface area contributed by atoms with Gasteiger partial charge < -0.3 is 14.6 Å². The first-order valence-corrected chi connectivity index (χ1v) is 7.51. The van der Waals surface area contributed by atoms with Crippen LogP contribution in [0.5, 0.6) is 0 Å². The van der Waals surface area contributed by atoms with Crippen LogP contribution < -0.4 is 10.2 Å². The van der Waals surface area contributed by atoms with Crippen molar-refractivity contribution < 1.29 is 18.7 Å². The molecule has 1 aromatic carbocycles. The zero-order chi connectivity index (χ0) is 18.0. The second-order valence-electron chi connectivity index (χ2n) is 5.50. The van der Waals surface area contributed by atoms with Crippen LogP contribution in [0.25, 0.3) is 5.69 Å². The number of nitrogens with one attached hydrogen (secondary N) is 1. The van der Waals surface area contributed by atoms with Crippen molar-refractivity contribution in [2.45, 2.75) is 13.0 Å². The molecule has 0 spiro atoms. The largest absolute Gasteiger partial charge is 0.442 e. The number of hydrogen-bond donors (Lipinski definition) is 1. The Kier molecular flexibility index (Phi) is 4.39. The number of nitrogens with zero attached hydrogens (tertiary/aromatic N) is 3.